The third-order valence-electron chi connectivity index (χ3n) is 4.17. The first-order valence-corrected chi connectivity index (χ1v) is 9.13. The van der Waals surface area contributed by atoms with Crippen molar-refractivity contribution in [2.24, 2.45) is 0 Å². The van der Waals surface area contributed by atoms with Gasteiger partial charge in [-0.15, -0.1) is 0 Å². The van der Waals surface area contributed by atoms with Gasteiger partial charge >= 0.3 is 5.97 Å². The lowest BCUT2D eigenvalue weighted by atomic mass is 10.2. The highest BCUT2D eigenvalue weighted by molar-refractivity contribution is 5.94. The van der Waals surface area contributed by atoms with E-state index in [1.54, 1.807) is 41.3 Å². The molecule has 0 aliphatic rings. The smallest absolute Gasteiger partial charge is 0.337 e. The molecule has 2 aromatic rings. The fraction of sp³-hybridized carbons (Fsp3) is 0.286. The predicted molar refractivity (Wildman–Crippen MR) is 107 cm³/mol. The van der Waals surface area contributed by atoms with Gasteiger partial charge in [0.2, 0.25) is 11.8 Å². The molecular formula is C21H24FN3O4. The minimum absolute atomic E-state index is 0.0409. The largest absolute Gasteiger partial charge is 0.465 e. The molecule has 0 fully saturated rings. The van der Waals surface area contributed by atoms with E-state index in [4.69, 9.17) is 0 Å². The number of rotatable bonds is 9. The maximum Gasteiger partial charge on any atom is 0.337 e. The first kappa shape index (κ1) is 22.0. The molecule has 0 aliphatic heterocycles. The number of carbonyl (C=O) groups is 3. The first-order valence-electron chi connectivity index (χ1n) is 9.13. The molecule has 2 N–H and O–H groups in total. The molecule has 7 nitrogen and oxygen atoms in total. The second kappa shape index (κ2) is 10.9. The van der Waals surface area contributed by atoms with E-state index in [0.29, 0.717) is 17.8 Å². The number of ether oxygens (including phenoxy) is 1. The molecule has 8 heteroatoms. The molecule has 2 amide bonds. The van der Waals surface area contributed by atoms with Crippen LogP contribution in [0, 0.1) is 5.82 Å². The fourth-order valence-electron chi connectivity index (χ4n) is 2.55. The molecule has 0 atom stereocenters. The van der Waals surface area contributed by atoms with Crippen LogP contribution in [0.1, 0.15) is 22.8 Å². The SMILES string of the molecule is CCN(CC(=O)NCc1ccc(F)cc1)CC(=O)Nc1ccc(C(=O)OC)cc1. The van der Waals surface area contributed by atoms with Crippen LogP contribution < -0.4 is 10.6 Å². The van der Waals surface area contributed by atoms with Crippen LogP contribution in [0.15, 0.2) is 48.5 Å². The standard InChI is InChI=1S/C21H24FN3O4/c1-3-25(13-19(26)23-12-15-4-8-17(22)9-5-15)14-20(27)24-18-10-6-16(7-11-18)21(28)29-2/h4-11H,3,12-14H2,1-2H3,(H,23,26)(H,24,27). The molecule has 0 bridgehead atoms. The summed E-state index contributed by atoms with van der Waals surface area (Å²) in [5.41, 5.74) is 1.72. The summed E-state index contributed by atoms with van der Waals surface area (Å²) < 4.78 is 17.5. The van der Waals surface area contributed by atoms with Gasteiger partial charge in [-0.3, -0.25) is 14.5 Å². The number of methoxy groups -OCH3 is 1. The number of benzene rings is 2. The summed E-state index contributed by atoms with van der Waals surface area (Å²) >= 11 is 0. The zero-order valence-electron chi connectivity index (χ0n) is 16.4. The van der Waals surface area contributed by atoms with Gasteiger partial charge in [0.15, 0.2) is 0 Å². The minimum Gasteiger partial charge on any atom is -0.465 e. The van der Waals surface area contributed by atoms with Crippen LogP contribution in [0.2, 0.25) is 0 Å². The Labute approximate surface area is 168 Å². The molecular weight excluding hydrogens is 377 g/mol. The third kappa shape index (κ3) is 7.34. The van der Waals surface area contributed by atoms with Gasteiger partial charge in [0.1, 0.15) is 5.82 Å². The fourth-order valence-corrected chi connectivity index (χ4v) is 2.55. The van der Waals surface area contributed by atoms with E-state index in [1.165, 1.54) is 19.2 Å². The van der Waals surface area contributed by atoms with Crippen molar-refractivity contribution in [2.45, 2.75) is 13.5 Å². The van der Waals surface area contributed by atoms with Gasteiger partial charge in [0, 0.05) is 12.2 Å². The Bertz CT molecular complexity index is 838. The molecule has 0 saturated carbocycles. The molecule has 154 valence electrons. The summed E-state index contributed by atoms with van der Waals surface area (Å²) in [5.74, 6) is -1.29. The summed E-state index contributed by atoms with van der Waals surface area (Å²) in [6.07, 6.45) is 0. The van der Waals surface area contributed by atoms with E-state index in [-0.39, 0.29) is 37.3 Å². The molecule has 2 aromatic carbocycles. The van der Waals surface area contributed by atoms with Crippen LogP contribution >= 0.6 is 0 Å². The number of hydrogen-bond acceptors (Lipinski definition) is 5. The highest BCUT2D eigenvalue weighted by atomic mass is 19.1. The first-order chi connectivity index (χ1) is 13.9. The average molecular weight is 401 g/mol. The lowest BCUT2D eigenvalue weighted by molar-refractivity contribution is -0.123. The maximum atomic E-state index is 12.9. The van der Waals surface area contributed by atoms with E-state index in [2.05, 4.69) is 15.4 Å². The predicted octanol–water partition coefficient (Wildman–Crippen LogP) is 2.19. The summed E-state index contributed by atoms with van der Waals surface area (Å²) in [6.45, 7) is 2.76. The van der Waals surface area contributed by atoms with Crippen molar-refractivity contribution in [3.8, 4) is 0 Å². The van der Waals surface area contributed by atoms with Crippen molar-refractivity contribution < 1.29 is 23.5 Å². The summed E-state index contributed by atoms with van der Waals surface area (Å²) in [7, 11) is 1.30. The van der Waals surface area contributed by atoms with Crippen LogP contribution in [0.25, 0.3) is 0 Å². The Morgan fingerprint density at radius 2 is 1.59 bits per heavy atom. The normalized spacial score (nSPS) is 10.5. The van der Waals surface area contributed by atoms with Crippen molar-refractivity contribution in [1.82, 2.24) is 10.2 Å². The van der Waals surface area contributed by atoms with E-state index in [1.807, 2.05) is 6.92 Å². The lowest BCUT2D eigenvalue weighted by Gasteiger charge is -2.19. The highest BCUT2D eigenvalue weighted by Gasteiger charge is 2.14. The Morgan fingerprint density at radius 3 is 2.17 bits per heavy atom. The van der Waals surface area contributed by atoms with Gasteiger partial charge in [-0.05, 0) is 48.5 Å². The second-order valence-corrected chi connectivity index (χ2v) is 6.32. The number of carbonyl (C=O) groups excluding carboxylic acids is 3. The zero-order chi connectivity index (χ0) is 21.2. The monoisotopic (exact) mass is 401 g/mol. The van der Waals surface area contributed by atoms with Crippen molar-refractivity contribution in [3.63, 3.8) is 0 Å². The molecule has 0 radical (unpaired) electrons. The van der Waals surface area contributed by atoms with Crippen LogP contribution in [0.5, 0.6) is 0 Å². The zero-order valence-corrected chi connectivity index (χ0v) is 16.4. The summed E-state index contributed by atoms with van der Waals surface area (Å²) in [4.78, 5) is 37.5. The molecule has 0 heterocycles. The average Bonchev–Trinajstić information content (AvgIpc) is 2.72. The second-order valence-electron chi connectivity index (χ2n) is 6.32. The third-order valence-corrected chi connectivity index (χ3v) is 4.17. The van der Waals surface area contributed by atoms with Crippen molar-refractivity contribution in [2.75, 3.05) is 32.1 Å². The van der Waals surface area contributed by atoms with Crippen LogP contribution in [0.4, 0.5) is 10.1 Å². The van der Waals surface area contributed by atoms with E-state index < -0.39 is 5.97 Å². The molecule has 0 aliphatic carbocycles. The molecule has 0 aromatic heterocycles. The molecule has 0 spiro atoms. The number of likely N-dealkylation sites (N-methyl/N-ethyl adjacent to an activating group) is 1. The van der Waals surface area contributed by atoms with Crippen molar-refractivity contribution in [3.05, 3.63) is 65.5 Å². The molecule has 2 rings (SSSR count). The van der Waals surface area contributed by atoms with E-state index in [0.717, 1.165) is 5.56 Å². The van der Waals surface area contributed by atoms with Gasteiger partial charge in [-0.2, -0.15) is 0 Å². The minimum atomic E-state index is -0.452. The number of amides is 2. The highest BCUT2D eigenvalue weighted by Crippen LogP contribution is 2.10. The van der Waals surface area contributed by atoms with E-state index >= 15 is 0 Å². The Balaban J connectivity index is 1.80. The number of anilines is 1. The van der Waals surface area contributed by atoms with Gasteiger partial charge in [0.25, 0.3) is 0 Å². The van der Waals surface area contributed by atoms with Crippen LogP contribution in [-0.2, 0) is 20.9 Å². The Kier molecular flexibility index (Phi) is 8.29. The van der Waals surface area contributed by atoms with Gasteiger partial charge in [-0.1, -0.05) is 19.1 Å². The van der Waals surface area contributed by atoms with Gasteiger partial charge < -0.3 is 15.4 Å². The topological polar surface area (TPSA) is 87.7 Å². The van der Waals surface area contributed by atoms with E-state index in [9.17, 15) is 18.8 Å². The number of halogens is 1. The summed E-state index contributed by atoms with van der Waals surface area (Å²) in [6, 6.07) is 12.2. The Morgan fingerprint density at radius 1 is 0.966 bits per heavy atom. The quantitative estimate of drug-likeness (QED) is 0.629. The number of hydrogen-bond donors (Lipinski definition) is 2. The molecule has 0 unspecified atom stereocenters. The lowest BCUT2D eigenvalue weighted by Crippen LogP contribution is -2.40. The van der Waals surface area contributed by atoms with Crippen molar-refractivity contribution in [1.29, 1.82) is 0 Å². The van der Waals surface area contributed by atoms with Gasteiger partial charge in [-0.25, -0.2) is 9.18 Å². The Hall–Kier alpha value is -3.26. The molecule has 0 saturated heterocycles. The number of esters is 1. The maximum absolute atomic E-state index is 12.9. The van der Waals surface area contributed by atoms with Crippen molar-refractivity contribution >= 4 is 23.5 Å². The summed E-state index contributed by atoms with van der Waals surface area (Å²) in [5, 5.41) is 5.48. The molecule has 29 heavy (non-hydrogen) atoms. The number of nitrogens with zero attached hydrogens (tertiary/aromatic N) is 1. The van der Waals surface area contributed by atoms with Crippen LogP contribution in [-0.4, -0.2) is 49.4 Å². The number of nitrogens with one attached hydrogen (secondary N) is 2. The van der Waals surface area contributed by atoms with Gasteiger partial charge in [0.05, 0.1) is 25.8 Å². The van der Waals surface area contributed by atoms with Crippen LogP contribution in [0.3, 0.4) is 0 Å².